The van der Waals surface area contributed by atoms with E-state index in [1.165, 1.54) is 56.1 Å². The van der Waals surface area contributed by atoms with Crippen molar-refractivity contribution in [2.45, 2.75) is 83.6 Å². The summed E-state index contributed by atoms with van der Waals surface area (Å²) < 4.78 is 5.54. The number of unbranched alkanes of at least 4 members (excludes halogenated alkanes) is 5. The van der Waals surface area contributed by atoms with Crippen LogP contribution in [0, 0.1) is 0 Å². The van der Waals surface area contributed by atoms with Crippen molar-refractivity contribution in [2.24, 2.45) is 5.73 Å². The minimum absolute atomic E-state index is 0.0349. The minimum atomic E-state index is -0.633. The Morgan fingerprint density at radius 3 is 2.08 bits per heavy atom. The molecule has 3 N–H and O–H groups in total. The highest BCUT2D eigenvalue weighted by Gasteiger charge is 2.24. The Balaban J connectivity index is 2.30. The van der Waals surface area contributed by atoms with Crippen molar-refractivity contribution in [3.8, 4) is 0 Å². The van der Waals surface area contributed by atoms with Gasteiger partial charge in [0.15, 0.2) is 0 Å². The number of hydrogen-bond acceptors (Lipinski definition) is 3. The molecule has 0 bridgehead atoms. The van der Waals surface area contributed by atoms with Gasteiger partial charge in [0.1, 0.15) is 0 Å². The fraction of sp³-hybridized carbons (Fsp3) is 0.727. The minimum Gasteiger partial charge on any atom is -0.394 e. The Bertz CT molecular complexity index is 432. The summed E-state index contributed by atoms with van der Waals surface area (Å²) in [6.45, 7) is 5.42. The van der Waals surface area contributed by atoms with E-state index in [0.717, 1.165) is 19.3 Å². The Morgan fingerprint density at radius 1 is 0.880 bits per heavy atom. The van der Waals surface area contributed by atoms with Gasteiger partial charge in [-0.2, -0.15) is 0 Å². The van der Waals surface area contributed by atoms with E-state index in [2.05, 4.69) is 38.1 Å². The predicted molar refractivity (Wildman–Crippen MR) is 107 cm³/mol. The van der Waals surface area contributed by atoms with Gasteiger partial charge < -0.3 is 15.6 Å². The highest BCUT2D eigenvalue weighted by atomic mass is 16.5. The molecule has 0 aliphatic heterocycles. The zero-order valence-corrected chi connectivity index (χ0v) is 16.4. The highest BCUT2D eigenvalue weighted by Crippen LogP contribution is 2.15. The van der Waals surface area contributed by atoms with Crippen LogP contribution in [-0.4, -0.2) is 30.5 Å². The first-order valence-corrected chi connectivity index (χ1v) is 10.2. The normalized spacial score (nSPS) is 13.8. The molecule has 3 nitrogen and oxygen atoms in total. The van der Waals surface area contributed by atoms with E-state index in [9.17, 15) is 5.11 Å². The first-order chi connectivity index (χ1) is 12.1. The van der Waals surface area contributed by atoms with Gasteiger partial charge in [-0.1, -0.05) is 70.2 Å². The SMILES string of the molecule is CCCCCCCCc1ccc(CCC(N)(CO)COCCC)cc1. The average molecular weight is 350 g/mol. The molecule has 0 aromatic heterocycles. The van der Waals surface area contributed by atoms with E-state index in [-0.39, 0.29) is 6.61 Å². The Labute approximate surface area is 155 Å². The fourth-order valence-electron chi connectivity index (χ4n) is 2.99. The van der Waals surface area contributed by atoms with Gasteiger partial charge in [0, 0.05) is 6.61 Å². The van der Waals surface area contributed by atoms with Crippen molar-refractivity contribution in [1.82, 2.24) is 0 Å². The van der Waals surface area contributed by atoms with Gasteiger partial charge in [-0.25, -0.2) is 0 Å². The lowest BCUT2D eigenvalue weighted by atomic mass is 9.93. The van der Waals surface area contributed by atoms with Crippen molar-refractivity contribution >= 4 is 0 Å². The van der Waals surface area contributed by atoms with E-state index in [1.807, 2.05) is 0 Å². The molecule has 25 heavy (non-hydrogen) atoms. The number of aliphatic hydroxyl groups is 1. The van der Waals surface area contributed by atoms with Gasteiger partial charge in [0.05, 0.1) is 18.8 Å². The Hall–Kier alpha value is -0.900. The topological polar surface area (TPSA) is 55.5 Å². The largest absolute Gasteiger partial charge is 0.394 e. The molecule has 144 valence electrons. The molecule has 0 heterocycles. The van der Waals surface area contributed by atoms with Gasteiger partial charge >= 0.3 is 0 Å². The van der Waals surface area contributed by atoms with Crippen molar-refractivity contribution in [1.29, 1.82) is 0 Å². The van der Waals surface area contributed by atoms with Crippen molar-refractivity contribution in [2.75, 3.05) is 19.8 Å². The molecular weight excluding hydrogens is 310 g/mol. The third-order valence-corrected chi connectivity index (χ3v) is 4.81. The molecule has 0 amide bonds. The monoisotopic (exact) mass is 349 g/mol. The van der Waals surface area contributed by atoms with Crippen LogP contribution in [0.25, 0.3) is 0 Å². The first-order valence-electron chi connectivity index (χ1n) is 10.2. The number of rotatable bonds is 15. The maximum absolute atomic E-state index is 9.58. The van der Waals surface area contributed by atoms with Crippen LogP contribution in [0.2, 0.25) is 0 Å². The molecule has 0 radical (unpaired) electrons. The Kier molecular flexibility index (Phi) is 11.8. The lowest BCUT2D eigenvalue weighted by Crippen LogP contribution is -2.48. The quantitative estimate of drug-likeness (QED) is 0.454. The van der Waals surface area contributed by atoms with Crippen molar-refractivity contribution in [3.63, 3.8) is 0 Å². The Morgan fingerprint density at radius 2 is 1.48 bits per heavy atom. The fourth-order valence-corrected chi connectivity index (χ4v) is 2.99. The second-order valence-corrected chi connectivity index (χ2v) is 7.41. The molecule has 1 aromatic rings. The molecule has 0 spiro atoms. The van der Waals surface area contributed by atoms with Crippen molar-refractivity contribution < 1.29 is 9.84 Å². The third-order valence-electron chi connectivity index (χ3n) is 4.81. The standard InChI is InChI=1S/C22H39NO2/c1-3-5-6-7-8-9-10-20-11-13-21(14-12-20)15-16-22(23,18-24)19-25-17-4-2/h11-14,24H,3-10,15-19,23H2,1-2H3. The molecule has 0 aliphatic rings. The van der Waals surface area contributed by atoms with Crippen LogP contribution >= 0.6 is 0 Å². The molecule has 0 fully saturated rings. The van der Waals surface area contributed by atoms with E-state index >= 15 is 0 Å². The number of benzene rings is 1. The van der Waals surface area contributed by atoms with Gasteiger partial charge in [0.2, 0.25) is 0 Å². The lowest BCUT2D eigenvalue weighted by molar-refractivity contribution is 0.0513. The number of aryl methyl sites for hydroxylation is 2. The second kappa shape index (κ2) is 13.3. The van der Waals surface area contributed by atoms with Crippen molar-refractivity contribution in [3.05, 3.63) is 35.4 Å². The number of nitrogens with two attached hydrogens (primary N) is 1. The molecule has 1 unspecified atom stereocenters. The van der Waals surface area contributed by atoms with Gasteiger partial charge in [0.25, 0.3) is 0 Å². The second-order valence-electron chi connectivity index (χ2n) is 7.41. The summed E-state index contributed by atoms with van der Waals surface area (Å²) in [6.07, 6.45) is 11.8. The van der Waals surface area contributed by atoms with Crippen LogP contribution in [0.3, 0.4) is 0 Å². The summed E-state index contributed by atoms with van der Waals surface area (Å²) in [5.41, 5.74) is 8.33. The van der Waals surface area contributed by atoms with E-state index in [0.29, 0.717) is 13.2 Å². The number of hydrogen-bond donors (Lipinski definition) is 2. The summed E-state index contributed by atoms with van der Waals surface area (Å²) in [4.78, 5) is 0. The summed E-state index contributed by atoms with van der Waals surface area (Å²) >= 11 is 0. The van der Waals surface area contributed by atoms with Crippen LogP contribution < -0.4 is 5.73 Å². The maximum atomic E-state index is 9.58. The predicted octanol–water partition coefficient (Wildman–Crippen LogP) is 4.64. The third kappa shape index (κ3) is 9.98. The molecule has 0 aliphatic carbocycles. The summed E-state index contributed by atoms with van der Waals surface area (Å²) in [7, 11) is 0. The van der Waals surface area contributed by atoms with E-state index in [4.69, 9.17) is 10.5 Å². The number of aliphatic hydroxyl groups excluding tert-OH is 1. The first kappa shape index (κ1) is 22.1. The van der Waals surface area contributed by atoms with E-state index < -0.39 is 5.54 Å². The molecule has 1 aromatic carbocycles. The summed E-state index contributed by atoms with van der Waals surface area (Å²) in [5, 5.41) is 9.58. The zero-order valence-electron chi connectivity index (χ0n) is 16.4. The summed E-state index contributed by atoms with van der Waals surface area (Å²) in [5.74, 6) is 0. The molecule has 1 atom stereocenters. The summed E-state index contributed by atoms with van der Waals surface area (Å²) in [6, 6.07) is 8.90. The molecule has 1 rings (SSSR count). The maximum Gasteiger partial charge on any atom is 0.0668 e. The van der Waals surface area contributed by atoms with Crippen LogP contribution in [-0.2, 0) is 17.6 Å². The zero-order chi connectivity index (χ0) is 18.4. The molecular formula is C22H39NO2. The van der Waals surface area contributed by atoms with Crippen LogP contribution in [0.5, 0.6) is 0 Å². The van der Waals surface area contributed by atoms with E-state index in [1.54, 1.807) is 0 Å². The highest BCUT2D eigenvalue weighted by molar-refractivity contribution is 5.23. The smallest absolute Gasteiger partial charge is 0.0668 e. The molecule has 3 heteroatoms. The van der Waals surface area contributed by atoms with Gasteiger partial charge in [-0.15, -0.1) is 0 Å². The lowest BCUT2D eigenvalue weighted by Gasteiger charge is -2.27. The average Bonchev–Trinajstić information content (AvgIpc) is 2.64. The molecule has 0 saturated heterocycles. The van der Waals surface area contributed by atoms with Gasteiger partial charge in [-0.05, 0) is 43.2 Å². The molecule has 0 saturated carbocycles. The van der Waals surface area contributed by atoms with Gasteiger partial charge in [-0.3, -0.25) is 0 Å². The van der Waals surface area contributed by atoms with Crippen LogP contribution in [0.15, 0.2) is 24.3 Å². The number of ether oxygens (including phenoxy) is 1. The van der Waals surface area contributed by atoms with Crippen LogP contribution in [0.4, 0.5) is 0 Å². The van der Waals surface area contributed by atoms with Crippen LogP contribution in [0.1, 0.15) is 76.3 Å².